The first-order valence-corrected chi connectivity index (χ1v) is 13.1. The second-order valence-electron chi connectivity index (χ2n) is 9.93. The normalized spacial score (nSPS) is 27.0. The predicted octanol–water partition coefficient (Wildman–Crippen LogP) is 3.15. The highest BCUT2D eigenvalue weighted by molar-refractivity contribution is 6.31. The third kappa shape index (κ3) is 4.70. The number of hydrogen-bond donors (Lipinski definition) is 2. The van der Waals surface area contributed by atoms with Crippen molar-refractivity contribution in [1.29, 1.82) is 0 Å². The third-order valence-corrected chi connectivity index (χ3v) is 7.76. The number of fused-ring (bicyclic) bond motifs is 3. The number of imidazole rings is 1. The SMILES string of the molecule is COCCCCc1cnc2c(c1)CCC2Cc1nc2nc(O[C@@H]3CO[C@H]4[C@@H]3OC[C@H]4O)[nH]c2cc1Cl. The molecule has 0 spiro atoms. The zero-order chi connectivity index (χ0) is 24.6. The van der Waals surface area contributed by atoms with Crippen LogP contribution >= 0.6 is 11.6 Å². The first kappa shape index (κ1) is 24.1. The van der Waals surface area contributed by atoms with Crippen LogP contribution in [0.25, 0.3) is 11.2 Å². The van der Waals surface area contributed by atoms with Gasteiger partial charge in [-0.05, 0) is 55.7 Å². The van der Waals surface area contributed by atoms with Gasteiger partial charge in [-0.15, -0.1) is 0 Å². The number of ether oxygens (including phenoxy) is 4. The summed E-state index contributed by atoms with van der Waals surface area (Å²) in [7, 11) is 1.74. The molecule has 3 aromatic heterocycles. The van der Waals surface area contributed by atoms with Crippen LogP contribution in [0.2, 0.25) is 5.02 Å². The number of hydrogen-bond acceptors (Lipinski definition) is 8. The van der Waals surface area contributed by atoms with Crippen LogP contribution in [-0.2, 0) is 33.5 Å². The van der Waals surface area contributed by atoms with E-state index in [1.165, 1.54) is 11.1 Å². The quantitative estimate of drug-likeness (QED) is 0.419. The summed E-state index contributed by atoms with van der Waals surface area (Å²) in [6, 6.07) is 4.51. The van der Waals surface area contributed by atoms with Crippen molar-refractivity contribution in [3.05, 3.63) is 45.9 Å². The number of aliphatic hydroxyl groups is 1. The summed E-state index contributed by atoms with van der Waals surface area (Å²) < 4.78 is 22.4. The summed E-state index contributed by atoms with van der Waals surface area (Å²) in [5, 5.41) is 10.5. The Labute approximate surface area is 214 Å². The average Bonchev–Trinajstić information content (AvgIpc) is 3.64. The molecule has 6 rings (SSSR count). The summed E-state index contributed by atoms with van der Waals surface area (Å²) in [4.78, 5) is 17.3. The molecule has 9 nitrogen and oxygen atoms in total. The number of H-pyrrole nitrogens is 1. The van der Waals surface area contributed by atoms with Crippen LogP contribution < -0.4 is 4.74 Å². The largest absolute Gasteiger partial charge is 0.456 e. The van der Waals surface area contributed by atoms with Gasteiger partial charge in [0.2, 0.25) is 0 Å². The van der Waals surface area contributed by atoms with E-state index in [1.807, 2.05) is 12.3 Å². The highest BCUT2D eigenvalue weighted by atomic mass is 35.5. The Kier molecular flexibility index (Phi) is 6.83. The van der Waals surface area contributed by atoms with Crippen molar-refractivity contribution in [2.45, 2.75) is 68.9 Å². The van der Waals surface area contributed by atoms with E-state index < -0.39 is 6.10 Å². The first-order valence-electron chi connectivity index (χ1n) is 12.7. The minimum Gasteiger partial charge on any atom is -0.456 e. The molecular weight excluding hydrogens is 484 g/mol. The van der Waals surface area contributed by atoms with Crippen molar-refractivity contribution >= 4 is 22.8 Å². The maximum Gasteiger partial charge on any atom is 0.296 e. The van der Waals surface area contributed by atoms with Gasteiger partial charge in [0.05, 0.1) is 29.4 Å². The van der Waals surface area contributed by atoms with Crippen molar-refractivity contribution in [3.8, 4) is 6.01 Å². The van der Waals surface area contributed by atoms with Crippen LogP contribution in [0, 0.1) is 0 Å². The fraction of sp³-hybridized carbons (Fsp3) is 0.577. The smallest absolute Gasteiger partial charge is 0.296 e. The number of aliphatic hydroxyl groups excluding tert-OH is 1. The molecule has 3 aromatic rings. The highest BCUT2D eigenvalue weighted by Crippen LogP contribution is 2.36. The molecule has 2 fully saturated rings. The van der Waals surface area contributed by atoms with E-state index in [4.69, 9.17) is 40.5 Å². The standard InChI is InChI=1S/C26H31ClN4O5/c1-33-7-3-2-4-14-8-15-5-6-16(22(15)28-11-14)9-18-17(27)10-19-25(29-18)31-26(30-19)36-21-13-35-23-20(32)12-34-24(21)23/h8,10-11,16,20-21,23-24,32H,2-7,9,12-13H2,1H3,(H,29,30,31)/t16?,20-,21-,23-,24-/m1/s1. The molecule has 192 valence electrons. The second-order valence-corrected chi connectivity index (χ2v) is 10.3. The number of aromatic nitrogens is 4. The van der Waals surface area contributed by atoms with E-state index in [-0.39, 0.29) is 30.8 Å². The topological polar surface area (TPSA) is 112 Å². The number of pyridine rings is 2. The summed E-state index contributed by atoms with van der Waals surface area (Å²) >= 11 is 6.64. The van der Waals surface area contributed by atoms with Crippen LogP contribution in [0.1, 0.15) is 47.7 Å². The van der Waals surface area contributed by atoms with E-state index >= 15 is 0 Å². The van der Waals surface area contributed by atoms with Crippen molar-refractivity contribution in [2.24, 2.45) is 0 Å². The predicted molar refractivity (Wildman–Crippen MR) is 133 cm³/mol. The zero-order valence-corrected chi connectivity index (χ0v) is 21.0. The molecular formula is C26H31ClN4O5. The molecule has 0 radical (unpaired) electrons. The Morgan fingerprint density at radius 1 is 1.17 bits per heavy atom. The van der Waals surface area contributed by atoms with Crippen LogP contribution in [-0.4, -0.2) is 76.4 Å². The van der Waals surface area contributed by atoms with Gasteiger partial charge in [-0.25, -0.2) is 4.98 Å². The Morgan fingerprint density at radius 3 is 2.94 bits per heavy atom. The van der Waals surface area contributed by atoms with Gasteiger partial charge in [0.25, 0.3) is 6.01 Å². The summed E-state index contributed by atoms with van der Waals surface area (Å²) in [6.45, 7) is 1.40. The molecule has 36 heavy (non-hydrogen) atoms. The number of halogens is 1. The molecule has 5 heterocycles. The zero-order valence-electron chi connectivity index (χ0n) is 20.3. The molecule has 1 aliphatic carbocycles. The molecule has 0 saturated carbocycles. The maximum absolute atomic E-state index is 9.94. The monoisotopic (exact) mass is 514 g/mol. The number of rotatable bonds is 9. The molecule has 1 unspecified atom stereocenters. The summed E-state index contributed by atoms with van der Waals surface area (Å²) in [5.41, 5.74) is 5.89. The molecule has 0 amide bonds. The van der Waals surface area contributed by atoms with Crippen molar-refractivity contribution in [1.82, 2.24) is 19.9 Å². The van der Waals surface area contributed by atoms with Gasteiger partial charge in [-0.1, -0.05) is 17.7 Å². The minimum atomic E-state index is -0.620. The van der Waals surface area contributed by atoms with Crippen LogP contribution in [0.3, 0.4) is 0 Å². The molecule has 3 aliphatic rings. The number of nitrogens with one attached hydrogen (secondary N) is 1. The van der Waals surface area contributed by atoms with Gasteiger partial charge in [-0.3, -0.25) is 4.98 Å². The van der Waals surface area contributed by atoms with Gasteiger partial charge in [0.1, 0.15) is 18.3 Å². The fourth-order valence-electron chi connectivity index (χ4n) is 5.57. The van der Waals surface area contributed by atoms with E-state index in [2.05, 4.69) is 16.0 Å². The second kappa shape index (κ2) is 10.2. The Morgan fingerprint density at radius 2 is 2.06 bits per heavy atom. The number of methoxy groups -OCH3 is 1. The number of aromatic amines is 1. The number of nitrogens with zero attached hydrogens (tertiary/aromatic N) is 3. The van der Waals surface area contributed by atoms with E-state index in [1.54, 1.807) is 7.11 Å². The fourth-order valence-corrected chi connectivity index (χ4v) is 5.80. The highest BCUT2D eigenvalue weighted by Gasteiger charge is 2.48. The van der Waals surface area contributed by atoms with E-state index in [0.29, 0.717) is 28.8 Å². The van der Waals surface area contributed by atoms with Crippen LogP contribution in [0.15, 0.2) is 18.3 Å². The maximum atomic E-state index is 9.94. The lowest BCUT2D eigenvalue weighted by Gasteiger charge is -2.15. The van der Waals surface area contributed by atoms with Gasteiger partial charge in [0.15, 0.2) is 11.8 Å². The van der Waals surface area contributed by atoms with Gasteiger partial charge in [0, 0.05) is 31.5 Å². The van der Waals surface area contributed by atoms with E-state index in [9.17, 15) is 5.11 Å². The minimum absolute atomic E-state index is 0.255. The lowest BCUT2D eigenvalue weighted by Crippen LogP contribution is -2.34. The molecule has 0 bridgehead atoms. The summed E-state index contributed by atoms with van der Waals surface area (Å²) in [6.07, 6.45) is 6.39. The van der Waals surface area contributed by atoms with Crippen molar-refractivity contribution < 1.29 is 24.1 Å². The Bertz CT molecular complexity index is 1240. The lowest BCUT2D eigenvalue weighted by molar-refractivity contribution is 0.00706. The third-order valence-electron chi connectivity index (χ3n) is 7.43. The summed E-state index contributed by atoms with van der Waals surface area (Å²) in [5.74, 6) is 0.290. The Hall–Kier alpha value is -2.30. The average molecular weight is 515 g/mol. The van der Waals surface area contributed by atoms with Gasteiger partial charge < -0.3 is 29.0 Å². The molecule has 0 aromatic carbocycles. The van der Waals surface area contributed by atoms with Gasteiger partial charge >= 0.3 is 0 Å². The first-order chi connectivity index (χ1) is 17.6. The number of unbranched alkanes of at least 4 members (excludes halogenated alkanes) is 1. The molecule has 10 heteroatoms. The lowest BCUT2D eigenvalue weighted by atomic mass is 9.99. The Balaban J connectivity index is 1.14. The molecule has 2 aliphatic heterocycles. The molecule has 5 atom stereocenters. The number of aryl methyl sites for hydroxylation is 2. The molecule has 2 N–H and O–H groups in total. The van der Waals surface area contributed by atoms with Crippen LogP contribution in [0.4, 0.5) is 0 Å². The van der Waals surface area contributed by atoms with Gasteiger partial charge in [-0.2, -0.15) is 4.98 Å². The molecule has 2 saturated heterocycles. The van der Waals surface area contributed by atoms with Crippen LogP contribution in [0.5, 0.6) is 6.01 Å². The van der Waals surface area contributed by atoms with Crippen molar-refractivity contribution in [2.75, 3.05) is 26.9 Å². The van der Waals surface area contributed by atoms with E-state index in [0.717, 1.165) is 56.5 Å². The van der Waals surface area contributed by atoms with Crippen molar-refractivity contribution in [3.63, 3.8) is 0 Å².